The number of carboxylic acid groups (broad SMARTS) is 1. The molecule has 1 rings (SSSR count). The van der Waals surface area contributed by atoms with Gasteiger partial charge in [-0.05, 0) is 65.5 Å². The summed E-state index contributed by atoms with van der Waals surface area (Å²) >= 11 is 6.66. The first-order valence-electron chi connectivity index (χ1n) is 6.79. The number of rotatable bonds is 7. The fourth-order valence-electron chi connectivity index (χ4n) is 2.12. The van der Waals surface area contributed by atoms with Crippen molar-refractivity contribution in [1.29, 1.82) is 0 Å². The van der Waals surface area contributed by atoms with Gasteiger partial charge in [0.05, 0.1) is 5.56 Å². The molecule has 4 heteroatoms. The number of benzene rings is 1. The maximum atomic E-state index is 11.3. The highest BCUT2D eigenvalue weighted by Gasteiger charge is 2.17. The van der Waals surface area contributed by atoms with Crippen molar-refractivity contribution in [3.05, 3.63) is 26.3 Å². The second-order valence-corrected chi connectivity index (χ2v) is 6.26. The van der Waals surface area contributed by atoms with Crippen LogP contribution in [0.5, 0.6) is 0 Å². The number of carboxylic acids is 1. The summed E-state index contributed by atoms with van der Waals surface area (Å²) < 4.78 is 0.764. The van der Waals surface area contributed by atoms with Crippen LogP contribution in [0.25, 0.3) is 0 Å². The Morgan fingerprint density at radius 2 is 1.84 bits per heavy atom. The molecule has 1 aromatic rings. The number of halogens is 1. The van der Waals surface area contributed by atoms with Crippen LogP contribution in [0, 0.1) is 3.57 Å². The first kappa shape index (κ1) is 16.8. The quantitative estimate of drug-likeness (QED) is 0.508. The van der Waals surface area contributed by atoms with Crippen LogP contribution < -0.4 is 0 Å². The Morgan fingerprint density at radius 3 is 2.37 bits per heavy atom. The van der Waals surface area contributed by atoms with E-state index in [-0.39, 0.29) is 0 Å². The molecule has 0 aliphatic rings. The van der Waals surface area contributed by atoms with E-state index in [9.17, 15) is 9.90 Å². The average Bonchev–Trinajstić information content (AvgIpc) is 2.38. The third kappa shape index (κ3) is 4.38. The molecule has 0 saturated heterocycles. The molecule has 106 valence electrons. The third-order valence-electron chi connectivity index (χ3n) is 3.25. The number of carbonyl (C=O) groups is 1. The van der Waals surface area contributed by atoms with Crippen molar-refractivity contribution < 1.29 is 9.90 Å². The monoisotopic (exact) mass is 392 g/mol. The zero-order chi connectivity index (χ0) is 14.4. The molecule has 0 saturated carbocycles. The van der Waals surface area contributed by atoms with E-state index in [0.29, 0.717) is 5.56 Å². The van der Waals surface area contributed by atoms with Crippen LogP contribution in [0.1, 0.15) is 61.0 Å². The molecular formula is C15H21IO2S. The van der Waals surface area contributed by atoms with Crippen LogP contribution in [0.4, 0.5) is 0 Å². The molecule has 0 bridgehead atoms. The van der Waals surface area contributed by atoms with E-state index in [1.165, 1.54) is 5.56 Å². The fourth-order valence-corrected chi connectivity index (χ4v) is 3.20. The van der Waals surface area contributed by atoms with Crippen molar-refractivity contribution in [3.63, 3.8) is 0 Å². The minimum atomic E-state index is -0.862. The predicted octanol–water partition coefficient (Wildman–Crippen LogP) is 4.96. The number of hydrogen-bond acceptors (Lipinski definition) is 2. The van der Waals surface area contributed by atoms with Gasteiger partial charge in [0, 0.05) is 8.47 Å². The highest BCUT2D eigenvalue weighted by molar-refractivity contribution is 14.1. The van der Waals surface area contributed by atoms with Gasteiger partial charge in [-0.25, -0.2) is 4.79 Å². The van der Waals surface area contributed by atoms with Crippen molar-refractivity contribution in [2.75, 3.05) is 0 Å². The largest absolute Gasteiger partial charge is 0.478 e. The summed E-state index contributed by atoms with van der Waals surface area (Å²) in [5, 5.41) is 9.27. The highest BCUT2D eigenvalue weighted by atomic mass is 127. The summed E-state index contributed by atoms with van der Waals surface area (Å²) in [5.41, 5.74) is 2.79. The van der Waals surface area contributed by atoms with Crippen molar-refractivity contribution in [2.45, 2.75) is 57.3 Å². The van der Waals surface area contributed by atoms with E-state index in [2.05, 4.69) is 49.1 Å². The minimum absolute atomic E-state index is 0.386. The van der Waals surface area contributed by atoms with Crippen LogP contribution in [0.2, 0.25) is 0 Å². The van der Waals surface area contributed by atoms with E-state index in [0.717, 1.165) is 52.6 Å². The normalized spacial score (nSPS) is 10.7. The SMILES string of the molecule is CCCCc1cc(C(=O)O)c(I)c(S)c1CCCC. The molecule has 0 aromatic heterocycles. The third-order valence-corrected chi connectivity index (χ3v) is 5.29. The van der Waals surface area contributed by atoms with Crippen molar-refractivity contribution in [1.82, 2.24) is 0 Å². The molecule has 0 aliphatic carbocycles. The van der Waals surface area contributed by atoms with Gasteiger partial charge in [0.1, 0.15) is 0 Å². The van der Waals surface area contributed by atoms with E-state index < -0.39 is 5.97 Å². The second-order valence-electron chi connectivity index (χ2n) is 4.74. The van der Waals surface area contributed by atoms with Gasteiger partial charge in [-0.3, -0.25) is 0 Å². The molecule has 0 fully saturated rings. The number of unbranched alkanes of at least 4 members (excludes halogenated alkanes) is 2. The molecule has 1 N–H and O–H groups in total. The summed E-state index contributed by atoms with van der Waals surface area (Å²) in [5.74, 6) is -0.862. The first-order valence-corrected chi connectivity index (χ1v) is 8.31. The Hall–Kier alpha value is -0.230. The van der Waals surface area contributed by atoms with E-state index >= 15 is 0 Å². The fraction of sp³-hybridized carbons (Fsp3) is 0.533. The highest BCUT2D eigenvalue weighted by Crippen LogP contribution is 2.30. The molecule has 2 nitrogen and oxygen atoms in total. The Morgan fingerprint density at radius 1 is 1.26 bits per heavy atom. The van der Waals surface area contributed by atoms with Gasteiger partial charge >= 0.3 is 5.97 Å². The topological polar surface area (TPSA) is 37.3 Å². The summed E-state index contributed by atoms with van der Waals surface area (Å²) in [6.45, 7) is 4.32. The van der Waals surface area contributed by atoms with Gasteiger partial charge in [-0.1, -0.05) is 26.7 Å². The Bertz CT molecular complexity index is 458. The van der Waals surface area contributed by atoms with Gasteiger partial charge < -0.3 is 5.11 Å². The van der Waals surface area contributed by atoms with Crippen LogP contribution >= 0.6 is 35.2 Å². The summed E-state index contributed by atoms with van der Waals surface area (Å²) in [6, 6.07) is 1.85. The maximum absolute atomic E-state index is 11.3. The number of hydrogen-bond donors (Lipinski definition) is 2. The Balaban J connectivity index is 3.24. The molecule has 1 aromatic carbocycles. The Labute approximate surface area is 134 Å². The number of thiol groups is 1. The van der Waals surface area contributed by atoms with E-state index in [1.54, 1.807) is 0 Å². The first-order chi connectivity index (χ1) is 9.02. The van der Waals surface area contributed by atoms with Crippen molar-refractivity contribution in [2.24, 2.45) is 0 Å². The molecule has 0 heterocycles. The van der Waals surface area contributed by atoms with Gasteiger partial charge in [0.2, 0.25) is 0 Å². The molecule has 0 atom stereocenters. The molecule has 0 amide bonds. The molecule has 0 radical (unpaired) electrons. The molecule has 0 unspecified atom stereocenters. The zero-order valence-electron chi connectivity index (χ0n) is 11.5. The van der Waals surface area contributed by atoms with Gasteiger partial charge in [-0.2, -0.15) is 0 Å². The summed E-state index contributed by atoms with van der Waals surface area (Å²) in [7, 11) is 0. The smallest absolute Gasteiger partial charge is 0.336 e. The van der Waals surface area contributed by atoms with Crippen LogP contribution in [0.3, 0.4) is 0 Å². The molecule has 19 heavy (non-hydrogen) atoms. The molecule has 0 spiro atoms. The van der Waals surface area contributed by atoms with E-state index in [1.807, 2.05) is 6.07 Å². The van der Waals surface area contributed by atoms with Crippen molar-refractivity contribution >= 4 is 41.2 Å². The maximum Gasteiger partial charge on any atom is 0.336 e. The van der Waals surface area contributed by atoms with Crippen LogP contribution in [-0.4, -0.2) is 11.1 Å². The van der Waals surface area contributed by atoms with Gasteiger partial charge in [0.15, 0.2) is 0 Å². The number of aryl methyl sites for hydroxylation is 1. The lowest BCUT2D eigenvalue weighted by atomic mass is 9.95. The standard InChI is InChI=1S/C15H21IO2S/c1-3-5-7-10-9-12(15(17)18)13(16)14(19)11(10)8-6-4-2/h9,19H,3-8H2,1-2H3,(H,17,18). The molecular weight excluding hydrogens is 371 g/mol. The summed E-state index contributed by atoms with van der Waals surface area (Å²) in [4.78, 5) is 12.1. The predicted molar refractivity (Wildman–Crippen MR) is 90.6 cm³/mol. The second kappa shape index (κ2) is 8.15. The van der Waals surface area contributed by atoms with E-state index in [4.69, 9.17) is 0 Å². The average molecular weight is 392 g/mol. The lowest BCUT2D eigenvalue weighted by molar-refractivity contribution is 0.0695. The van der Waals surface area contributed by atoms with Crippen LogP contribution in [0.15, 0.2) is 11.0 Å². The zero-order valence-corrected chi connectivity index (χ0v) is 14.6. The lowest BCUT2D eigenvalue weighted by Gasteiger charge is -2.15. The van der Waals surface area contributed by atoms with Gasteiger partial charge in [0.25, 0.3) is 0 Å². The molecule has 0 aliphatic heterocycles. The number of aromatic carboxylic acids is 1. The van der Waals surface area contributed by atoms with Crippen LogP contribution in [-0.2, 0) is 12.8 Å². The Kier molecular flexibility index (Phi) is 7.21. The van der Waals surface area contributed by atoms with Gasteiger partial charge in [-0.15, -0.1) is 12.6 Å². The minimum Gasteiger partial charge on any atom is -0.478 e. The van der Waals surface area contributed by atoms with Crippen molar-refractivity contribution in [3.8, 4) is 0 Å². The lowest BCUT2D eigenvalue weighted by Crippen LogP contribution is -2.07. The summed E-state index contributed by atoms with van der Waals surface area (Å²) in [6.07, 6.45) is 6.40.